The fraction of sp³-hybridized carbons (Fsp3) is 0.613. The molecular weight excluding hydrogens is 468 g/mol. The number of esters is 2. The van der Waals surface area contributed by atoms with Crippen molar-refractivity contribution in [2.75, 3.05) is 26.4 Å². The highest BCUT2D eigenvalue weighted by molar-refractivity contribution is 5.88. The highest BCUT2D eigenvalue weighted by Gasteiger charge is 2.29. The minimum atomic E-state index is -0.541. The number of aryl methyl sites for hydroxylation is 2. The molecule has 1 aliphatic carbocycles. The molecule has 6 heteroatoms. The molecule has 2 unspecified atom stereocenters. The molecule has 206 valence electrons. The van der Waals surface area contributed by atoms with Crippen molar-refractivity contribution in [1.82, 2.24) is 0 Å². The van der Waals surface area contributed by atoms with Gasteiger partial charge in [-0.05, 0) is 86.7 Å². The van der Waals surface area contributed by atoms with Gasteiger partial charge >= 0.3 is 11.9 Å². The van der Waals surface area contributed by atoms with Crippen molar-refractivity contribution in [2.24, 2.45) is 17.8 Å². The summed E-state index contributed by atoms with van der Waals surface area (Å²) < 4.78 is 10.6. The van der Waals surface area contributed by atoms with Gasteiger partial charge in [0.1, 0.15) is 0 Å². The minimum Gasteiger partial charge on any atom is -0.462 e. The molecule has 1 aromatic carbocycles. The maximum absolute atomic E-state index is 11.8. The van der Waals surface area contributed by atoms with Gasteiger partial charge in [-0.2, -0.15) is 0 Å². The van der Waals surface area contributed by atoms with Gasteiger partial charge in [-0.15, -0.1) is 0 Å². The number of carbonyl (C=O) groups excluding carboxylic acids is 2. The van der Waals surface area contributed by atoms with Crippen LogP contribution in [0.4, 0.5) is 0 Å². The normalized spacial score (nSPS) is 19.3. The quantitative estimate of drug-likeness (QED) is 0.165. The molecule has 0 spiro atoms. The van der Waals surface area contributed by atoms with Crippen LogP contribution in [0.15, 0.2) is 48.6 Å². The van der Waals surface area contributed by atoms with E-state index >= 15 is 0 Å². The third kappa shape index (κ3) is 11.7. The lowest BCUT2D eigenvalue weighted by molar-refractivity contribution is -0.140. The van der Waals surface area contributed by atoms with Crippen LogP contribution in [0.3, 0.4) is 0 Å². The molecule has 1 saturated carbocycles. The van der Waals surface area contributed by atoms with Gasteiger partial charge in [0.25, 0.3) is 0 Å². The summed E-state index contributed by atoms with van der Waals surface area (Å²) in [5.74, 6) is 0.311. The van der Waals surface area contributed by atoms with Crippen molar-refractivity contribution in [2.45, 2.75) is 77.6 Å². The second-order valence-corrected chi connectivity index (χ2v) is 10.5. The topological polar surface area (TPSA) is 93.1 Å². The second-order valence-electron chi connectivity index (χ2n) is 10.5. The Morgan fingerprint density at radius 3 is 1.62 bits per heavy atom. The Labute approximate surface area is 222 Å². The average molecular weight is 515 g/mol. The predicted molar refractivity (Wildman–Crippen MR) is 146 cm³/mol. The van der Waals surface area contributed by atoms with Gasteiger partial charge in [-0.1, -0.05) is 57.2 Å². The van der Waals surface area contributed by atoms with Gasteiger partial charge < -0.3 is 19.7 Å². The van der Waals surface area contributed by atoms with Crippen LogP contribution in [0.2, 0.25) is 0 Å². The lowest BCUT2D eigenvalue weighted by Gasteiger charge is -2.35. The average Bonchev–Trinajstić information content (AvgIpc) is 2.91. The van der Waals surface area contributed by atoms with Crippen molar-refractivity contribution in [1.29, 1.82) is 0 Å². The molecule has 0 aliphatic heterocycles. The Hall–Kier alpha value is -2.44. The highest BCUT2D eigenvalue weighted by atomic mass is 16.5. The van der Waals surface area contributed by atoms with Crippen molar-refractivity contribution < 1.29 is 29.3 Å². The molecule has 1 fully saturated rings. The molecule has 2 rings (SSSR count). The van der Waals surface area contributed by atoms with E-state index in [4.69, 9.17) is 19.7 Å². The first kappa shape index (κ1) is 30.8. The van der Waals surface area contributed by atoms with E-state index in [0.717, 1.165) is 51.4 Å². The van der Waals surface area contributed by atoms with Crippen molar-refractivity contribution in [3.63, 3.8) is 0 Å². The fourth-order valence-corrected chi connectivity index (χ4v) is 5.20. The summed E-state index contributed by atoms with van der Waals surface area (Å²) in [6.07, 6.45) is 11.8. The van der Waals surface area contributed by atoms with Gasteiger partial charge in [-0.25, -0.2) is 9.59 Å². The first-order valence-corrected chi connectivity index (χ1v) is 13.9. The summed E-state index contributed by atoms with van der Waals surface area (Å²) in [5.41, 5.74) is 2.92. The molecule has 0 bridgehead atoms. The molecule has 0 heterocycles. The number of carbonyl (C=O) groups is 2. The van der Waals surface area contributed by atoms with Gasteiger partial charge in [0.2, 0.25) is 0 Å². The largest absolute Gasteiger partial charge is 0.462 e. The van der Waals surface area contributed by atoms with Crippen LogP contribution in [-0.2, 0) is 31.9 Å². The first-order chi connectivity index (χ1) is 17.9. The summed E-state index contributed by atoms with van der Waals surface area (Å²) >= 11 is 0. The van der Waals surface area contributed by atoms with E-state index < -0.39 is 25.2 Å². The second kappa shape index (κ2) is 17.1. The van der Waals surface area contributed by atoms with E-state index in [1.165, 1.54) is 30.4 Å². The first-order valence-electron chi connectivity index (χ1n) is 13.9. The maximum Gasteiger partial charge on any atom is 0.335 e. The lowest BCUT2D eigenvalue weighted by Crippen LogP contribution is -2.26. The summed E-state index contributed by atoms with van der Waals surface area (Å²) in [6.45, 7) is 9.10. The smallest absolute Gasteiger partial charge is 0.335 e. The summed E-state index contributed by atoms with van der Waals surface area (Å²) in [4.78, 5) is 23.7. The molecule has 0 amide bonds. The number of rotatable bonds is 17. The van der Waals surface area contributed by atoms with Crippen LogP contribution in [0.1, 0.15) is 75.8 Å². The number of benzene rings is 1. The number of ether oxygens (including phenoxy) is 2. The summed E-state index contributed by atoms with van der Waals surface area (Å²) in [5, 5.41) is 18.1. The zero-order chi connectivity index (χ0) is 27.0. The predicted octanol–water partition coefficient (Wildman–Crippen LogP) is 5.35. The van der Waals surface area contributed by atoms with E-state index in [-0.39, 0.29) is 11.1 Å². The van der Waals surface area contributed by atoms with Gasteiger partial charge in [-0.3, -0.25) is 0 Å². The molecule has 1 aliphatic rings. The van der Waals surface area contributed by atoms with Gasteiger partial charge in [0.05, 0.1) is 37.6 Å². The standard InChI is InChI=1S/C31H46O6/c1-4-5-6-7-25-8-10-26(11-9-25)12-13-27-18-28(14-16-36-30(34)23(2)21-32)20-29(19-27)15-17-37-31(35)24(3)22-33/h8-11,27-29,32-33H,2-7,12-22H2,1H3. The molecule has 0 aromatic heterocycles. The highest BCUT2D eigenvalue weighted by Crippen LogP contribution is 2.39. The maximum atomic E-state index is 11.8. The molecule has 37 heavy (non-hydrogen) atoms. The molecule has 0 saturated heterocycles. The Balaban J connectivity index is 1.89. The third-order valence-electron chi connectivity index (χ3n) is 7.41. The van der Waals surface area contributed by atoms with E-state index in [9.17, 15) is 9.59 Å². The van der Waals surface area contributed by atoms with Crippen LogP contribution in [0, 0.1) is 17.8 Å². The molecule has 0 radical (unpaired) electrons. The van der Waals surface area contributed by atoms with Crippen LogP contribution in [-0.4, -0.2) is 48.6 Å². The SMILES string of the molecule is C=C(CO)C(=O)OCCC1CC(CCOC(=O)C(=C)CO)CC(CCc2ccc(CCCCC)cc2)C1. The zero-order valence-corrected chi connectivity index (χ0v) is 22.6. The van der Waals surface area contributed by atoms with E-state index in [1.807, 2.05) is 0 Å². The van der Waals surface area contributed by atoms with Crippen LogP contribution < -0.4 is 0 Å². The van der Waals surface area contributed by atoms with Crippen molar-refractivity contribution in [3.8, 4) is 0 Å². The summed E-state index contributed by atoms with van der Waals surface area (Å²) in [6, 6.07) is 9.06. The fourth-order valence-electron chi connectivity index (χ4n) is 5.20. The van der Waals surface area contributed by atoms with E-state index in [2.05, 4.69) is 44.3 Å². The molecule has 2 atom stereocenters. The third-order valence-corrected chi connectivity index (χ3v) is 7.41. The minimum absolute atomic E-state index is 0.0714. The Morgan fingerprint density at radius 2 is 1.19 bits per heavy atom. The number of unbranched alkanes of at least 4 members (excludes halogenated alkanes) is 2. The van der Waals surface area contributed by atoms with Crippen LogP contribution >= 0.6 is 0 Å². The van der Waals surface area contributed by atoms with Crippen LogP contribution in [0.25, 0.3) is 0 Å². The molecule has 6 nitrogen and oxygen atoms in total. The lowest BCUT2D eigenvalue weighted by atomic mass is 9.71. The van der Waals surface area contributed by atoms with E-state index in [0.29, 0.717) is 31.0 Å². The van der Waals surface area contributed by atoms with Crippen LogP contribution in [0.5, 0.6) is 0 Å². The number of aliphatic hydroxyl groups is 2. The van der Waals surface area contributed by atoms with Gasteiger partial charge in [0, 0.05) is 0 Å². The zero-order valence-electron chi connectivity index (χ0n) is 22.6. The Kier molecular flexibility index (Phi) is 14.3. The number of hydrogen-bond donors (Lipinski definition) is 2. The summed E-state index contributed by atoms with van der Waals surface area (Å²) in [7, 11) is 0. The Bertz CT molecular complexity index is 817. The van der Waals surface area contributed by atoms with Crippen molar-refractivity contribution in [3.05, 3.63) is 59.7 Å². The number of aliphatic hydroxyl groups excluding tert-OH is 2. The molecular formula is C31H46O6. The monoisotopic (exact) mass is 514 g/mol. The van der Waals surface area contributed by atoms with Crippen molar-refractivity contribution >= 4 is 11.9 Å². The number of hydrogen-bond acceptors (Lipinski definition) is 6. The molecule has 1 aromatic rings. The van der Waals surface area contributed by atoms with Gasteiger partial charge in [0.15, 0.2) is 0 Å². The van der Waals surface area contributed by atoms with E-state index in [1.54, 1.807) is 0 Å². The Morgan fingerprint density at radius 1 is 0.757 bits per heavy atom. The molecule has 2 N–H and O–H groups in total.